The normalized spacial score (nSPS) is 10.8. The van der Waals surface area contributed by atoms with Crippen LogP contribution in [0.3, 0.4) is 0 Å². The first-order valence-corrected chi connectivity index (χ1v) is 11.7. The van der Waals surface area contributed by atoms with Gasteiger partial charge in [-0.05, 0) is 26.0 Å². The second-order valence-electron chi connectivity index (χ2n) is 6.50. The van der Waals surface area contributed by atoms with Gasteiger partial charge < -0.3 is 13.9 Å². The molecule has 162 valence electrons. The van der Waals surface area contributed by atoms with E-state index < -0.39 is 5.97 Å². The fourth-order valence-electron chi connectivity index (χ4n) is 3.01. The first-order chi connectivity index (χ1) is 15.5. The molecule has 4 rings (SSSR count). The zero-order valence-corrected chi connectivity index (χ0v) is 19.4. The smallest absolute Gasteiger partial charge is 0.380 e. The number of benzene rings is 2. The number of carbonyl (C=O) groups excluding carboxylic acids is 1. The van der Waals surface area contributed by atoms with E-state index in [1.165, 1.54) is 35.2 Å². The molecule has 32 heavy (non-hydrogen) atoms. The zero-order chi connectivity index (χ0) is 22.7. The van der Waals surface area contributed by atoms with E-state index in [0.717, 1.165) is 14.7 Å². The van der Waals surface area contributed by atoms with Crippen LogP contribution >= 0.6 is 34.7 Å². The van der Waals surface area contributed by atoms with Crippen LogP contribution in [0, 0.1) is 18.3 Å². The Morgan fingerprint density at radius 1 is 1.31 bits per heavy atom. The second-order valence-corrected chi connectivity index (χ2v) is 9.31. The average molecular weight is 486 g/mol. The van der Waals surface area contributed by atoms with Crippen LogP contribution in [0.4, 0.5) is 0 Å². The van der Waals surface area contributed by atoms with Crippen molar-refractivity contribution in [2.24, 2.45) is 0 Å². The van der Waals surface area contributed by atoms with E-state index in [4.69, 9.17) is 25.5 Å². The molecule has 0 saturated heterocycles. The number of fused-ring (bicyclic) bond motifs is 1. The number of hydrogen-bond donors (Lipinski definition) is 0. The van der Waals surface area contributed by atoms with Gasteiger partial charge in [0.15, 0.2) is 15.8 Å². The van der Waals surface area contributed by atoms with Crippen LogP contribution in [0.2, 0.25) is 5.02 Å². The standard InChI is InChI=1S/C22H16ClN3O4S2/c1-3-28-18-9-13(10-24)8-16(23)20(18)30-21(27)19-15(11-31-22-26-25-12(2)32-22)14-6-4-5-7-17(14)29-19/h4-9H,3,11H2,1-2H3. The third kappa shape index (κ3) is 4.58. The van der Waals surface area contributed by atoms with Gasteiger partial charge in [-0.1, -0.05) is 52.9 Å². The minimum absolute atomic E-state index is 0.0383. The molecule has 0 bridgehead atoms. The highest BCUT2D eigenvalue weighted by Crippen LogP contribution is 2.39. The van der Waals surface area contributed by atoms with Crippen molar-refractivity contribution in [1.82, 2.24) is 10.2 Å². The van der Waals surface area contributed by atoms with E-state index in [-0.39, 0.29) is 22.3 Å². The lowest BCUT2D eigenvalue weighted by Gasteiger charge is -2.12. The number of esters is 1. The number of para-hydroxylation sites is 1. The third-order valence-corrected chi connectivity index (χ3v) is 6.64. The maximum absolute atomic E-state index is 13.2. The summed E-state index contributed by atoms with van der Waals surface area (Å²) in [5.41, 5.74) is 1.55. The molecule has 0 unspecified atom stereocenters. The van der Waals surface area contributed by atoms with Crippen molar-refractivity contribution in [3.63, 3.8) is 0 Å². The molecule has 0 atom stereocenters. The minimum atomic E-state index is -0.710. The van der Waals surface area contributed by atoms with E-state index in [9.17, 15) is 10.1 Å². The molecule has 0 aliphatic rings. The molecule has 2 aromatic heterocycles. The number of ether oxygens (including phenoxy) is 2. The molecule has 0 radical (unpaired) electrons. The molecular formula is C22H16ClN3O4S2. The van der Waals surface area contributed by atoms with Gasteiger partial charge >= 0.3 is 5.97 Å². The summed E-state index contributed by atoms with van der Waals surface area (Å²) in [7, 11) is 0. The molecular weight excluding hydrogens is 470 g/mol. The van der Waals surface area contributed by atoms with Gasteiger partial charge in [0.25, 0.3) is 0 Å². The highest BCUT2D eigenvalue weighted by Gasteiger charge is 2.25. The Hall–Kier alpha value is -3.06. The van der Waals surface area contributed by atoms with Gasteiger partial charge in [-0.2, -0.15) is 5.26 Å². The zero-order valence-electron chi connectivity index (χ0n) is 17.0. The first-order valence-electron chi connectivity index (χ1n) is 9.52. The van der Waals surface area contributed by atoms with E-state index in [1.54, 1.807) is 13.0 Å². The summed E-state index contributed by atoms with van der Waals surface area (Å²) in [5.74, 6) is 0.0494. The molecule has 0 N–H and O–H groups in total. The van der Waals surface area contributed by atoms with Gasteiger partial charge in [0.05, 0.1) is 23.3 Å². The molecule has 0 saturated carbocycles. The van der Waals surface area contributed by atoms with Gasteiger partial charge in [-0.25, -0.2) is 4.79 Å². The number of hydrogen-bond acceptors (Lipinski definition) is 9. The summed E-state index contributed by atoms with van der Waals surface area (Å²) in [5, 5.41) is 19.1. The maximum atomic E-state index is 13.2. The fraction of sp³-hybridized carbons (Fsp3) is 0.182. The highest BCUT2D eigenvalue weighted by molar-refractivity contribution is 8.00. The molecule has 2 aromatic carbocycles. The van der Waals surface area contributed by atoms with Crippen LogP contribution in [-0.4, -0.2) is 22.8 Å². The summed E-state index contributed by atoms with van der Waals surface area (Å²) >= 11 is 9.23. The molecule has 4 aromatic rings. The quantitative estimate of drug-likeness (QED) is 0.178. The number of carbonyl (C=O) groups is 1. The van der Waals surface area contributed by atoms with Crippen molar-refractivity contribution in [2.75, 3.05) is 6.61 Å². The Labute approximate surface area is 196 Å². The van der Waals surface area contributed by atoms with Crippen LogP contribution < -0.4 is 9.47 Å². The average Bonchev–Trinajstić information content (AvgIpc) is 3.37. The lowest BCUT2D eigenvalue weighted by Crippen LogP contribution is -2.11. The molecule has 0 fully saturated rings. The summed E-state index contributed by atoms with van der Waals surface area (Å²) in [6, 6.07) is 12.3. The van der Waals surface area contributed by atoms with Crippen molar-refractivity contribution >= 4 is 51.6 Å². The predicted octanol–water partition coefficient (Wildman–Crippen LogP) is 6.03. The Bertz CT molecular complexity index is 1340. The molecule has 0 spiro atoms. The summed E-state index contributed by atoms with van der Waals surface area (Å²) in [6.07, 6.45) is 0. The lowest BCUT2D eigenvalue weighted by molar-refractivity contribution is 0.0696. The van der Waals surface area contributed by atoms with Gasteiger partial charge in [-0.3, -0.25) is 0 Å². The molecule has 7 nitrogen and oxygen atoms in total. The molecule has 0 amide bonds. The van der Waals surface area contributed by atoms with Crippen LogP contribution in [-0.2, 0) is 5.75 Å². The minimum Gasteiger partial charge on any atom is -0.490 e. The monoisotopic (exact) mass is 485 g/mol. The van der Waals surface area contributed by atoms with Crippen LogP contribution in [0.25, 0.3) is 11.0 Å². The topological polar surface area (TPSA) is 98.2 Å². The van der Waals surface area contributed by atoms with E-state index >= 15 is 0 Å². The van der Waals surface area contributed by atoms with Crippen molar-refractivity contribution in [3.8, 4) is 17.6 Å². The number of aryl methyl sites for hydroxylation is 1. The molecule has 0 aliphatic heterocycles. The Kier molecular flexibility index (Phi) is 6.65. The van der Waals surface area contributed by atoms with E-state index in [0.29, 0.717) is 29.1 Å². The number of halogens is 1. The number of rotatable bonds is 7. The Balaban J connectivity index is 1.69. The molecule has 0 aliphatic carbocycles. The second kappa shape index (κ2) is 9.61. The molecule has 10 heteroatoms. The van der Waals surface area contributed by atoms with E-state index in [1.807, 2.05) is 31.2 Å². The SMILES string of the molecule is CCOc1cc(C#N)cc(Cl)c1OC(=O)c1oc2ccccc2c1CSc1nnc(C)s1. The number of thioether (sulfide) groups is 1. The third-order valence-electron chi connectivity index (χ3n) is 4.36. The Morgan fingerprint density at radius 2 is 2.12 bits per heavy atom. The van der Waals surface area contributed by atoms with Gasteiger partial charge in [0, 0.05) is 22.8 Å². The van der Waals surface area contributed by atoms with Crippen molar-refractivity contribution < 1.29 is 18.7 Å². The fourth-order valence-corrected chi connectivity index (χ4v) is 5.10. The molecule has 2 heterocycles. The summed E-state index contributed by atoms with van der Waals surface area (Å²) in [4.78, 5) is 13.2. The first kappa shape index (κ1) is 22.1. The Morgan fingerprint density at radius 3 is 2.84 bits per heavy atom. The van der Waals surface area contributed by atoms with Gasteiger partial charge in [0.1, 0.15) is 10.6 Å². The number of aromatic nitrogens is 2. The predicted molar refractivity (Wildman–Crippen MR) is 123 cm³/mol. The largest absolute Gasteiger partial charge is 0.490 e. The van der Waals surface area contributed by atoms with Crippen LogP contribution in [0.15, 0.2) is 45.2 Å². The van der Waals surface area contributed by atoms with Crippen LogP contribution in [0.1, 0.15) is 33.6 Å². The maximum Gasteiger partial charge on any atom is 0.380 e. The van der Waals surface area contributed by atoms with E-state index in [2.05, 4.69) is 10.2 Å². The van der Waals surface area contributed by atoms with Crippen LogP contribution in [0.5, 0.6) is 11.5 Å². The number of nitrogens with zero attached hydrogens (tertiary/aromatic N) is 3. The lowest BCUT2D eigenvalue weighted by atomic mass is 10.1. The summed E-state index contributed by atoms with van der Waals surface area (Å²) < 4.78 is 17.8. The van der Waals surface area contributed by atoms with Gasteiger partial charge in [0.2, 0.25) is 5.76 Å². The summed E-state index contributed by atoms with van der Waals surface area (Å²) in [6.45, 7) is 3.97. The van der Waals surface area contributed by atoms with Crippen molar-refractivity contribution in [1.29, 1.82) is 5.26 Å². The van der Waals surface area contributed by atoms with Gasteiger partial charge in [-0.15, -0.1) is 10.2 Å². The number of furan rings is 1. The highest BCUT2D eigenvalue weighted by atomic mass is 35.5. The van der Waals surface area contributed by atoms with Crippen molar-refractivity contribution in [3.05, 3.63) is 63.3 Å². The number of nitriles is 1. The van der Waals surface area contributed by atoms with Crippen molar-refractivity contribution in [2.45, 2.75) is 23.9 Å².